The lowest BCUT2D eigenvalue weighted by Crippen LogP contribution is -1.95. The van der Waals surface area contributed by atoms with Gasteiger partial charge in [0, 0.05) is 0 Å². The molecular weight excluding hydrogens is 312 g/mol. The second kappa shape index (κ2) is 7.16. The highest BCUT2D eigenvalue weighted by Crippen LogP contribution is 2.33. The first-order valence-electron chi connectivity index (χ1n) is 8.85. The van der Waals surface area contributed by atoms with Crippen molar-refractivity contribution >= 4 is 11.6 Å². The van der Waals surface area contributed by atoms with Crippen LogP contribution in [0.1, 0.15) is 48.5 Å². The summed E-state index contributed by atoms with van der Waals surface area (Å²) in [7, 11) is 0. The number of aliphatic hydroxyl groups is 1. The molecule has 1 aliphatic carbocycles. The summed E-state index contributed by atoms with van der Waals surface area (Å²) in [6, 6.07) is 14.0. The van der Waals surface area contributed by atoms with Crippen LogP contribution in [0.5, 0.6) is 11.5 Å². The summed E-state index contributed by atoms with van der Waals surface area (Å²) in [6.07, 6.45) is 10.3. The number of hydrogen-bond donors (Lipinski definition) is 1. The van der Waals surface area contributed by atoms with Gasteiger partial charge in [-0.3, -0.25) is 0 Å². The van der Waals surface area contributed by atoms with Gasteiger partial charge in [-0.1, -0.05) is 48.6 Å². The quantitative estimate of drug-likeness (QED) is 0.843. The Balaban J connectivity index is 1.45. The van der Waals surface area contributed by atoms with E-state index in [1.54, 1.807) is 6.08 Å². The van der Waals surface area contributed by atoms with Gasteiger partial charge in [0.1, 0.15) is 0 Å². The van der Waals surface area contributed by atoms with Crippen LogP contribution >= 0.6 is 0 Å². The highest BCUT2D eigenvalue weighted by Gasteiger charge is 2.12. The largest absolute Gasteiger partial charge is 0.454 e. The normalized spacial score (nSPS) is 17.6. The number of ether oxygens (including phenoxy) is 2. The van der Waals surface area contributed by atoms with E-state index in [9.17, 15) is 5.11 Å². The van der Waals surface area contributed by atoms with Gasteiger partial charge in [0.05, 0.1) is 6.10 Å². The third-order valence-electron chi connectivity index (χ3n) is 4.78. The summed E-state index contributed by atoms with van der Waals surface area (Å²) in [6.45, 7) is 0.272. The zero-order chi connectivity index (χ0) is 17.1. The van der Waals surface area contributed by atoms with Crippen molar-refractivity contribution in [1.29, 1.82) is 0 Å². The third kappa shape index (κ3) is 3.62. The van der Waals surface area contributed by atoms with Gasteiger partial charge in [0.15, 0.2) is 11.5 Å². The van der Waals surface area contributed by atoms with Crippen LogP contribution < -0.4 is 9.47 Å². The first-order chi connectivity index (χ1) is 12.3. The number of fused-ring (bicyclic) bond motifs is 1. The summed E-state index contributed by atoms with van der Waals surface area (Å²) in [4.78, 5) is 0. The van der Waals surface area contributed by atoms with Gasteiger partial charge in [0.25, 0.3) is 0 Å². The molecule has 3 nitrogen and oxygen atoms in total. The van der Waals surface area contributed by atoms with Crippen molar-refractivity contribution in [3.8, 4) is 11.5 Å². The molecule has 2 aliphatic rings. The van der Waals surface area contributed by atoms with Crippen molar-refractivity contribution in [3.63, 3.8) is 0 Å². The van der Waals surface area contributed by atoms with Crippen LogP contribution in [0.4, 0.5) is 0 Å². The molecule has 0 spiro atoms. The average Bonchev–Trinajstić information content (AvgIpc) is 3.15. The lowest BCUT2D eigenvalue weighted by molar-refractivity contribution is 0.174. The lowest BCUT2D eigenvalue weighted by atomic mass is 9.93. The zero-order valence-electron chi connectivity index (χ0n) is 14.2. The minimum atomic E-state index is -0.625. The van der Waals surface area contributed by atoms with E-state index in [-0.39, 0.29) is 6.79 Å². The van der Waals surface area contributed by atoms with Crippen LogP contribution in [0.15, 0.2) is 54.6 Å². The smallest absolute Gasteiger partial charge is 0.231 e. The van der Waals surface area contributed by atoms with Gasteiger partial charge in [0.2, 0.25) is 6.79 Å². The van der Waals surface area contributed by atoms with Crippen molar-refractivity contribution in [3.05, 3.63) is 71.3 Å². The van der Waals surface area contributed by atoms with Crippen molar-refractivity contribution in [2.45, 2.75) is 31.8 Å². The molecule has 1 aliphatic heterocycles. The molecule has 0 bridgehead atoms. The Labute approximate surface area is 148 Å². The fourth-order valence-electron chi connectivity index (χ4n) is 3.32. The highest BCUT2D eigenvalue weighted by atomic mass is 16.7. The summed E-state index contributed by atoms with van der Waals surface area (Å²) in [5.74, 6) is 1.52. The van der Waals surface area contributed by atoms with E-state index in [4.69, 9.17) is 9.47 Å². The van der Waals surface area contributed by atoms with Crippen molar-refractivity contribution < 1.29 is 14.6 Å². The molecule has 1 N–H and O–H groups in total. The molecule has 1 atom stereocenters. The van der Waals surface area contributed by atoms with Crippen LogP contribution in [0, 0.1) is 0 Å². The van der Waals surface area contributed by atoms with E-state index in [0.717, 1.165) is 29.0 Å². The summed E-state index contributed by atoms with van der Waals surface area (Å²) in [5, 5.41) is 10.4. The standard InChI is InChI=1S/C22H22O3/c23-20(12-6-16-7-13-21-22(14-16)25-15-24-21)19-10-8-18(9-11-19)17-4-2-1-3-5-17/h4,6-14,20,23H,1-3,5,15H2/b12-6+. The molecule has 0 fully saturated rings. The van der Waals surface area contributed by atoms with E-state index in [0.29, 0.717) is 0 Å². The predicted molar refractivity (Wildman–Crippen MR) is 99.4 cm³/mol. The van der Waals surface area contributed by atoms with E-state index in [2.05, 4.69) is 18.2 Å². The van der Waals surface area contributed by atoms with Gasteiger partial charge in [-0.05, 0) is 60.1 Å². The van der Waals surface area contributed by atoms with E-state index in [1.165, 1.54) is 30.4 Å². The monoisotopic (exact) mass is 334 g/mol. The van der Waals surface area contributed by atoms with Gasteiger partial charge in [-0.2, -0.15) is 0 Å². The van der Waals surface area contributed by atoms with E-state index in [1.807, 2.05) is 36.4 Å². The van der Waals surface area contributed by atoms with Gasteiger partial charge < -0.3 is 14.6 Å². The Morgan fingerprint density at radius 2 is 1.80 bits per heavy atom. The number of allylic oxidation sites excluding steroid dienone is 2. The lowest BCUT2D eigenvalue weighted by Gasteiger charge is -2.14. The Kier molecular flexibility index (Phi) is 4.57. The van der Waals surface area contributed by atoms with Gasteiger partial charge >= 0.3 is 0 Å². The molecule has 25 heavy (non-hydrogen) atoms. The molecule has 0 saturated carbocycles. The Hall–Kier alpha value is -2.52. The zero-order valence-corrected chi connectivity index (χ0v) is 14.2. The molecule has 2 aromatic rings. The minimum Gasteiger partial charge on any atom is -0.454 e. The molecule has 128 valence electrons. The first-order valence-corrected chi connectivity index (χ1v) is 8.85. The van der Waals surface area contributed by atoms with Crippen LogP contribution in [0.3, 0.4) is 0 Å². The summed E-state index contributed by atoms with van der Waals surface area (Å²) < 4.78 is 10.7. The molecule has 1 heterocycles. The number of benzene rings is 2. The maximum absolute atomic E-state index is 10.4. The Morgan fingerprint density at radius 1 is 0.960 bits per heavy atom. The van der Waals surface area contributed by atoms with Crippen molar-refractivity contribution in [1.82, 2.24) is 0 Å². The Morgan fingerprint density at radius 3 is 2.60 bits per heavy atom. The molecule has 4 rings (SSSR count). The van der Waals surface area contributed by atoms with Crippen molar-refractivity contribution in [2.24, 2.45) is 0 Å². The maximum Gasteiger partial charge on any atom is 0.231 e. The summed E-state index contributed by atoms with van der Waals surface area (Å²) in [5.41, 5.74) is 4.59. The van der Waals surface area contributed by atoms with Crippen LogP contribution in [0.2, 0.25) is 0 Å². The molecule has 0 aromatic heterocycles. The van der Waals surface area contributed by atoms with Crippen LogP contribution in [0.25, 0.3) is 11.6 Å². The molecule has 0 saturated heterocycles. The highest BCUT2D eigenvalue weighted by molar-refractivity contribution is 5.66. The van der Waals surface area contributed by atoms with Crippen molar-refractivity contribution in [2.75, 3.05) is 6.79 Å². The van der Waals surface area contributed by atoms with E-state index < -0.39 is 6.10 Å². The molecule has 0 amide bonds. The molecular formula is C22H22O3. The van der Waals surface area contributed by atoms with Gasteiger partial charge in [-0.15, -0.1) is 0 Å². The fourth-order valence-corrected chi connectivity index (χ4v) is 3.32. The van der Waals surface area contributed by atoms with Crippen LogP contribution in [-0.2, 0) is 0 Å². The average molecular weight is 334 g/mol. The number of aliphatic hydroxyl groups excluding tert-OH is 1. The Bertz CT molecular complexity index is 803. The van der Waals surface area contributed by atoms with E-state index >= 15 is 0 Å². The van der Waals surface area contributed by atoms with Crippen LogP contribution in [-0.4, -0.2) is 11.9 Å². The molecule has 0 radical (unpaired) electrons. The first kappa shape index (κ1) is 16.0. The topological polar surface area (TPSA) is 38.7 Å². The number of rotatable bonds is 4. The molecule has 1 unspecified atom stereocenters. The molecule has 2 aromatic carbocycles. The maximum atomic E-state index is 10.4. The third-order valence-corrected chi connectivity index (χ3v) is 4.78. The minimum absolute atomic E-state index is 0.272. The number of hydrogen-bond acceptors (Lipinski definition) is 3. The van der Waals surface area contributed by atoms with Gasteiger partial charge in [-0.25, -0.2) is 0 Å². The second-order valence-corrected chi connectivity index (χ2v) is 6.51. The summed E-state index contributed by atoms with van der Waals surface area (Å²) >= 11 is 0. The SMILES string of the molecule is OC(/C=C/c1ccc2c(c1)OCO2)c1ccc(C2=CCCCC2)cc1. The fraction of sp³-hybridized carbons (Fsp3) is 0.273. The second-order valence-electron chi connectivity index (χ2n) is 6.51. The molecule has 3 heteroatoms. The predicted octanol–water partition coefficient (Wildman–Crippen LogP) is 5.12.